The first-order valence-electron chi connectivity index (χ1n) is 9.87. The number of piperidine rings is 1. The maximum atomic E-state index is 12.4. The minimum atomic E-state index is -0.381. The molecule has 1 aliphatic heterocycles. The van der Waals surface area contributed by atoms with E-state index in [0.29, 0.717) is 0 Å². The Morgan fingerprint density at radius 1 is 1.04 bits per heavy atom. The van der Waals surface area contributed by atoms with Crippen LogP contribution in [0.3, 0.4) is 0 Å². The van der Waals surface area contributed by atoms with Crippen LogP contribution >= 0.6 is 0 Å². The van der Waals surface area contributed by atoms with Gasteiger partial charge in [-0.15, -0.1) is 0 Å². The highest BCUT2D eigenvalue weighted by molar-refractivity contribution is 5.75. The largest absolute Gasteiger partial charge is 0.388 e. The molecule has 3 aromatic rings. The first kappa shape index (κ1) is 18.0. The first-order chi connectivity index (χ1) is 13.2. The number of imidazole rings is 1. The van der Waals surface area contributed by atoms with Crippen LogP contribution in [0.4, 0.5) is 0 Å². The SMILES string of the molecule is O=c1[nH]c2ccccc2n1C1CCN(CCCC(O)c2ccccc2)CC1. The van der Waals surface area contributed by atoms with E-state index in [9.17, 15) is 9.90 Å². The standard InChI is InChI=1S/C22H27N3O2/c26-21(17-7-2-1-3-8-17)11-6-14-24-15-12-18(13-16-24)25-20-10-5-4-9-19(20)23-22(25)27/h1-5,7-10,18,21,26H,6,11-16H2,(H,23,27). The molecule has 0 amide bonds. The summed E-state index contributed by atoms with van der Waals surface area (Å²) in [5, 5.41) is 10.3. The third-order valence-corrected chi connectivity index (χ3v) is 5.68. The van der Waals surface area contributed by atoms with Gasteiger partial charge in [-0.05, 0) is 49.9 Å². The number of aliphatic hydroxyl groups excluding tert-OH is 1. The normalized spacial score (nSPS) is 17.4. The maximum absolute atomic E-state index is 12.4. The maximum Gasteiger partial charge on any atom is 0.326 e. The van der Waals surface area contributed by atoms with Gasteiger partial charge in [-0.2, -0.15) is 0 Å². The fourth-order valence-corrected chi connectivity index (χ4v) is 4.19. The molecular formula is C22H27N3O2. The summed E-state index contributed by atoms with van der Waals surface area (Å²) >= 11 is 0. The van der Waals surface area contributed by atoms with Crippen LogP contribution in [-0.2, 0) is 0 Å². The summed E-state index contributed by atoms with van der Waals surface area (Å²) in [5.74, 6) is 0. The van der Waals surface area contributed by atoms with E-state index >= 15 is 0 Å². The fraction of sp³-hybridized carbons (Fsp3) is 0.409. The molecule has 5 heteroatoms. The molecule has 1 atom stereocenters. The van der Waals surface area contributed by atoms with Crippen molar-refractivity contribution in [2.75, 3.05) is 19.6 Å². The van der Waals surface area contributed by atoms with E-state index in [-0.39, 0.29) is 17.8 Å². The van der Waals surface area contributed by atoms with Crippen molar-refractivity contribution in [1.82, 2.24) is 14.5 Å². The predicted octanol–water partition coefficient (Wildman–Crippen LogP) is 3.48. The van der Waals surface area contributed by atoms with E-state index in [2.05, 4.69) is 9.88 Å². The van der Waals surface area contributed by atoms with Crippen molar-refractivity contribution in [3.8, 4) is 0 Å². The van der Waals surface area contributed by atoms with E-state index in [0.717, 1.165) is 61.9 Å². The lowest BCUT2D eigenvalue weighted by Crippen LogP contribution is -2.37. The smallest absolute Gasteiger partial charge is 0.326 e. The van der Waals surface area contributed by atoms with E-state index < -0.39 is 0 Å². The molecule has 0 aliphatic carbocycles. The van der Waals surface area contributed by atoms with Crippen molar-refractivity contribution in [3.63, 3.8) is 0 Å². The van der Waals surface area contributed by atoms with Crippen molar-refractivity contribution in [3.05, 3.63) is 70.6 Å². The third-order valence-electron chi connectivity index (χ3n) is 5.68. The predicted molar refractivity (Wildman–Crippen MR) is 108 cm³/mol. The fourth-order valence-electron chi connectivity index (χ4n) is 4.19. The van der Waals surface area contributed by atoms with Crippen LogP contribution in [0, 0.1) is 0 Å². The van der Waals surface area contributed by atoms with Gasteiger partial charge >= 0.3 is 5.69 Å². The number of hydrogen-bond donors (Lipinski definition) is 2. The van der Waals surface area contributed by atoms with Crippen molar-refractivity contribution in [1.29, 1.82) is 0 Å². The molecule has 0 spiro atoms. The quantitative estimate of drug-likeness (QED) is 0.703. The molecule has 0 bridgehead atoms. The lowest BCUT2D eigenvalue weighted by atomic mass is 10.0. The molecule has 0 radical (unpaired) electrons. The third kappa shape index (κ3) is 3.99. The minimum Gasteiger partial charge on any atom is -0.388 e. The number of H-pyrrole nitrogens is 1. The Morgan fingerprint density at radius 2 is 1.74 bits per heavy atom. The van der Waals surface area contributed by atoms with Crippen LogP contribution in [0.5, 0.6) is 0 Å². The van der Waals surface area contributed by atoms with E-state index in [1.807, 2.05) is 59.2 Å². The second kappa shape index (κ2) is 8.11. The van der Waals surface area contributed by atoms with Crippen molar-refractivity contribution in [2.45, 2.75) is 37.8 Å². The summed E-state index contributed by atoms with van der Waals surface area (Å²) in [4.78, 5) is 17.8. The number of hydrogen-bond acceptors (Lipinski definition) is 3. The highest BCUT2D eigenvalue weighted by Crippen LogP contribution is 2.25. The zero-order valence-corrected chi connectivity index (χ0v) is 15.6. The topological polar surface area (TPSA) is 61.3 Å². The number of nitrogens with one attached hydrogen (secondary N) is 1. The molecule has 2 aromatic carbocycles. The number of benzene rings is 2. The second-order valence-electron chi connectivity index (χ2n) is 7.46. The van der Waals surface area contributed by atoms with Crippen LogP contribution in [0.15, 0.2) is 59.4 Å². The molecule has 5 nitrogen and oxygen atoms in total. The van der Waals surface area contributed by atoms with Gasteiger partial charge < -0.3 is 15.0 Å². The second-order valence-corrected chi connectivity index (χ2v) is 7.46. The average Bonchev–Trinajstić information content (AvgIpc) is 3.05. The highest BCUT2D eigenvalue weighted by atomic mass is 16.3. The van der Waals surface area contributed by atoms with Crippen LogP contribution < -0.4 is 5.69 Å². The zero-order chi connectivity index (χ0) is 18.6. The number of aromatic amines is 1. The molecule has 2 heterocycles. The van der Waals surface area contributed by atoms with Gasteiger partial charge in [0.05, 0.1) is 17.1 Å². The Kier molecular flexibility index (Phi) is 5.41. The summed E-state index contributed by atoms with van der Waals surface area (Å²) in [7, 11) is 0. The van der Waals surface area contributed by atoms with Gasteiger partial charge in [0.15, 0.2) is 0 Å². The minimum absolute atomic E-state index is 0.000586. The summed E-state index contributed by atoms with van der Waals surface area (Å²) in [6, 6.07) is 18.1. The van der Waals surface area contributed by atoms with E-state index in [4.69, 9.17) is 0 Å². The lowest BCUT2D eigenvalue weighted by molar-refractivity contribution is 0.143. The number of nitrogens with zero attached hydrogens (tertiary/aromatic N) is 2. The molecule has 27 heavy (non-hydrogen) atoms. The van der Waals surface area contributed by atoms with Gasteiger partial charge in [-0.1, -0.05) is 42.5 Å². The molecule has 1 saturated heterocycles. The number of rotatable bonds is 6. The van der Waals surface area contributed by atoms with Gasteiger partial charge in [0, 0.05) is 19.1 Å². The Hall–Kier alpha value is -2.37. The van der Waals surface area contributed by atoms with Gasteiger partial charge in [0.1, 0.15) is 0 Å². The summed E-state index contributed by atoms with van der Waals surface area (Å²) in [5.41, 5.74) is 2.92. The number of likely N-dealkylation sites (tertiary alicyclic amines) is 1. The van der Waals surface area contributed by atoms with Gasteiger partial charge in [0.2, 0.25) is 0 Å². The number of fused-ring (bicyclic) bond motifs is 1. The van der Waals surface area contributed by atoms with Gasteiger partial charge in [-0.25, -0.2) is 4.79 Å². The van der Waals surface area contributed by atoms with Crippen molar-refractivity contribution in [2.24, 2.45) is 0 Å². The number of aliphatic hydroxyl groups is 1. The molecule has 1 unspecified atom stereocenters. The van der Waals surface area contributed by atoms with Crippen LogP contribution in [0.25, 0.3) is 11.0 Å². The monoisotopic (exact) mass is 365 g/mol. The molecule has 4 rings (SSSR count). The van der Waals surface area contributed by atoms with Crippen molar-refractivity contribution < 1.29 is 5.11 Å². The molecular weight excluding hydrogens is 338 g/mol. The summed E-state index contributed by atoms with van der Waals surface area (Å²) in [6.07, 6.45) is 3.36. The molecule has 1 aromatic heterocycles. The Balaban J connectivity index is 1.29. The Labute approximate surface area is 159 Å². The zero-order valence-electron chi connectivity index (χ0n) is 15.6. The summed E-state index contributed by atoms with van der Waals surface area (Å²) < 4.78 is 1.94. The van der Waals surface area contributed by atoms with Crippen LogP contribution in [-0.4, -0.2) is 39.2 Å². The molecule has 2 N–H and O–H groups in total. The number of aromatic nitrogens is 2. The van der Waals surface area contributed by atoms with Crippen molar-refractivity contribution >= 4 is 11.0 Å². The number of para-hydroxylation sites is 2. The van der Waals surface area contributed by atoms with Gasteiger partial charge in [-0.3, -0.25) is 4.57 Å². The summed E-state index contributed by atoms with van der Waals surface area (Å²) in [6.45, 7) is 3.00. The van der Waals surface area contributed by atoms with Crippen LogP contribution in [0.2, 0.25) is 0 Å². The Bertz CT molecular complexity index is 923. The average molecular weight is 365 g/mol. The lowest BCUT2D eigenvalue weighted by Gasteiger charge is -2.32. The van der Waals surface area contributed by atoms with E-state index in [1.54, 1.807) is 0 Å². The molecule has 1 aliphatic rings. The highest BCUT2D eigenvalue weighted by Gasteiger charge is 2.23. The first-order valence-corrected chi connectivity index (χ1v) is 9.87. The molecule has 1 fully saturated rings. The van der Waals surface area contributed by atoms with Gasteiger partial charge in [0.25, 0.3) is 0 Å². The van der Waals surface area contributed by atoms with E-state index in [1.165, 1.54) is 0 Å². The van der Waals surface area contributed by atoms with Crippen LogP contribution in [0.1, 0.15) is 43.4 Å². The molecule has 142 valence electrons. The molecule has 0 saturated carbocycles. The Morgan fingerprint density at radius 3 is 2.52 bits per heavy atom.